The number of carbonyl (C=O) groups is 2. The molecule has 7 heteroatoms. The molecule has 3 rings (SSSR count). The van der Waals surface area contributed by atoms with Gasteiger partial charge in [-0.2, -0.15) is 0 Å². The van der Waals surface area contributed by atoms with Gasteiger partial charge in [-0.3, -0.25) is 9.69 Å². The first-order valence-corrected chi connectivity index (χ1v) is 10.3. The third-order valence-corrected chi connectivity index (χ3v) is 6.01. The van der Waals surface area contributed by atoms with E-state index < -0.39 is 0 Å². The minimum absolute atomic E-state index is 0.0535. The van der Waals surface area contributed by atoms with E-state index in [1.807, 2.05) is 0 Å². The number of hydrogen-bond acceptors (Lipinski definition) is 6. The predicted octanol–water partition coefficient (Wildman–Crippen LogP) is 2.85. The largest absolute Gasteiger partial charge is 0.462 e. The standard InChI is InChI=1S/C19H28N2O4S/c1-4-24-19(23)17-14-6-5-7-15(14)26-18(17)20-16(22)8-9-21-10-12(2)25-13(3)11-21/h12-13H,4-11H2,1-3H3,(H,20,22)/t12-,13-/m1/s1. The van der Waals surface area contributed by atoms with Gasteiger partial charge >= 0.3 is 5.97 Å². The summed E-state index contributed by atoms with van der Waals surface area (Å²) in [6.45, 7) is 8.64. The summed E-state index contributed by atoms with van der Waals surface area (Å²) in [6, 6.07) is 0. The Kier molecular flexibility index (Phi) is 6.32. The zero-order valence-electron chi connectivity index (χ0n) is 15.8. The molecule has 26 heavy (non-hydrogen) atoms. The Morgan fingerprint density at radius 3 is 2.69 bits per heavy atom. The summed E-state index contributed by atoms with van der Waals surface area (Å²) >= 11 is 1.53. The molecular weight excluding hydrogens is 352 g/mol. The van der Waals surface area contributed by atoms with E-state index in [0.717, 1.165) is 37.9 Å². The van der Waals surface area contributed by atoms with Gasteiger partial charge in [-0.25, -0.2) is 4.79 Å². The van der Waals surface area contributed by atoms with Gasteiger partial charge < -0.3 is 14.8 Å². The summed E-state index contributed by atoms with van der Waals surface area (Å²) in [7, 11) is 0. The number of ether oxygens (including phenoxy) is 2. The summed E-state index contributed by atoms with van der Waals surface area (Å²) in [5, 5.41) is 3.62. The Morgan fingerprint density at radius 1 is 1.27 bits per heavy atom. The number of thiophene rings is 1. The van der Waals surface area contributed by atoms with Crippen molar-refractivity contribution in [1.29, 1.82) is 0 Å². The van der Waals surface area contributed by atoms with E-state index in [9.17, 15) is 9.59 Å². The molecule has 2 atom stereocenters. The van der Waals surface area contributed by atoms with Gasteiger partial charge in [0.15, 0.2) is 0 Å². The van der Waals surface area contributed by atoms with E-state index in [-0.39, 0.29) is 24.1 Å². The molecule has 0 bridgehead atoms. The van der Waals surface area contributed by atoms with Gasteiger partial charge in [-0.05, 0) is 45.6 Å². The van der Waals surface area contributed by atoms with Crippen molar-refractivity contribution in [3.8, 4) is 0 Å². The molecule has 1 aliphatic carbocycles. The van der Waals surface area contributed by atoms with Crippen LogP contribution in [0.2, 0.25) is 0 Å². The number of rotatable bonds is 6. The monoisotopic (exact) mass is 380 g/mol. The van der Waals surface area contributed by atoms with Gasteiger partial charge in [-0.15, -0.1) is 11.3 Å². The topological polar surface area (TPSA) is 67.9 Å². The normalized spacial score (nSPS) is 22.9. The van der Waals surface area contributed by atoms with E-state index in [1.165, 1.54) is 16.2 Å². The highest BCUT2D eigenvalue weighted by Crippen LogP contribution is 2.39. The quantitative estimate of drug-likeness (QED) is 0.769. The Morgan fingerprint density at radius 2 is 2.00 bits per heavy atom. The summed E-state index contributed by atoms with van der Waals surface area (Å²) in [4.78, 5) is 28.3. The van der Waals surface area contributed by atoms with Crippen LogP contribution in [0.3, 0.4) is 0 Å². The highest BCUT2D eigenvalue weighted by molar-refractivity contribution is 7.17. The van der Waals surface area contributed by atoms with Crippen molar-refractivity contribution in [2.45, 2.75) is 58.7 Å². The molecular formula is C19H28N2O4S. The summed E-state index contributed by atoms with van der Waals surface area (Å²) < 4.78 is 10.9. The maximum Gasteiger partial charge on any atom is 0.341 e. The van der Waals surface area contributed by atoms with Crippen LogP contribution in [-0.4, -0.2) is 55.2 Å². The third-order valence-electron chi connectivity index (χ3n) is 4.80. The smallest absolute Gasteiger partial charge is 0.341 e. The first-order chi connectivity index (χ1) is 12.5. The van der Waals surface area contributed by atoms with Crippen LogP contribution >= 0.6 is 11.3 Å². The number of hydrogen-bond donors (Lipinski definition) is 1. The minimum atomic E-state index is -0.321. The number of nitrogens with one attached hydrogen (secondary N) is 1. The molecule has 2 aliphatic rings. The number of nitrogens with zero attached hydrogens (tertiary/aromatic N) is 1. The number of aryl methyl sites for hydroxylation is 1. The minimum Gasteiger partial charge on any atom is -0.462 e. The second-order valence-electron chi connectivity index (χ2n) is 7.10. The molecule has 0 aromatic carbocycles. The van der Waals surface area contributed by atoms with Crippen molar-refractivity contribution in [2.75, 3.05) is 31.6 Å². The predicted molar refractivity (Wildman–Crippen MR) is 102 cm³/mol. The van der Waals surface area contributed by atoms with E-state index in [1.54, 1.807) is 6.92 Å². The number of amides is 1. The molecule has 1 saturated heterocycles. The number of morpholine rings is 1. The lowest BCUT2D eigenvalue weighted by Gasteiger charge is -2.35. The van der Waals surface area contributed by atoms with E-state index in [4.69, 9.17) is 9.47 Å². The van der Waals surface area contributed by atoms with Crippen molar-refractivity contribution in [2.24, 2.45) is 0 Å². The average molecular weight is 381 g/mol. The first-order valence-electron chi connectivity index (χ1n) is 9.47. The van der Waals surface area contributed by atoms with Crippen molar-refractivity contribution < 1.29 is 19.1 Å². The molecule has 1 aliphatic heterocycles. The molecule has 144 valence electrons. The van der Waals surface area contributed by atoms with Crippen LogP contribution < -0.4 is 5.32 Å². The van der Waals surface area contributed by atoms with Crippen LogP contribution in [0.15, 0.2) is 0 Å². The molecule has 1 fully saturated rings. The lowest BCUT2D eigenvalue weighted by molar-refractivity contribution is -0.117. The molecule has 0 spiro atoms. The van der Waals surface area contributed by atoms with Gasteiger partial charge in [0.05, 0.1) is 24.4 Å². The molecule has 0 radical (unpaired) electrons. The van der Waals surface area contributed by atoms with Crippen LogP contribution in [0.5, 0.6) is 0 Å². The Labute approximate surface area is 158 Å². The van der Waals surface area contributed by atoms with Gasteiger partial charge in [0.2, 0.25) is 5.91 Å². The highest BCUT2D eigenvalue weighted by Gasteiger charge is 2.28. The van der Waals surface area contributed by atoms with Crippen molar-refractivity contribution >= 4 is 28.2 Å². The van der Waals surface area contributed by atoms with Crippen LogP contribution in [-0.2, 0) is 27.1 Å². The van der Waals surface area contributed by atoms with E-state index in [2.05, 4.69) is 24.1 Å². The first kappa shape index (κ1) is 19.3. The fourth-order valence-electron chi connectivity index (χ4n) is 3.83. The third kappa shape index (κ3) is 4.45. The summed E-state index contributed by atoms with van der Waals surface area (Å²) in [5.74, 6) is -0.375. The number of esters is 1. The zero-order chi connectivity index (χ0) is 18.7. The summed E-state index contributed by atoms with van der Waals surface area (Å²) in [5.41, 5.74) is 1.64. The maximum atomic E-state index is 12.5. The number of carbonyl (C=O) groups excluding carboxylic acids is 2. The Hall–Kier alpha value is -1.44. The fraction of sp³-hybridized carbons (Fsp3) is 0.684. The average Bonchev–Trinajstić information content (AvgIpc) is 3.12. The highest BCUT2D eigenvalue weighted by atomic mass is 32.1. The number of fused-ring (bicyclic) bond motifs is 1. The van der Waals surface area contributed by atoms with Crippen LogP contribution in [0.1, 0.15) is 54.4 Å². The van der Waals surface area contributed by atoms with Crippen molar-refractivity contribution in [3.63, 3.8) is 0 Å². The molecule has 1 amide bonds. The number of anilines is 1. The summed E-state index contributed by atoms with van der Waals surface area (Å²) in [6.07, 6.45) is 3.72. The molecule has 1 aromatic rings. The second-order valence-corrected chi connectivity index (χ2v) is 8.20. The second kappa shape index (κ2) is 8.50. The molecule has 6 nitrogen and oxygen atoms in total. The van der Waals surface area contributed by atoms with Gasteiger partial charge in [0.1, 0.15) is 5.00 Å². The SMILES string of the molecule is CCOC(=O)c1c(NC(=O)CCN2C[C@@H](C)O[C@H](C)C2)sc2c1CCC2. The molecule has 0 unspecified atom stereocenters. The van der Waals surface area contributed by atoms with Crippen LogP contribution in [0.25, 0.3) is 0 Å². The zero-order valence-corrected chi connectivity index (χ0v) is 16.6. The van der Waals surface area contributed by atoms with Crippen LogP contribution in [0.4, 0.5) is 5.00 Å². The van der Waals surface area contributed by atoms with Gasteiger partial charge in [-0.1, -0.05) is 0 Å². The lowest BCUT2D eigenvalue weighted by atomic mass is 10.1. The molecule has 1 aromatic heterocycles. The van der Waals surface area contributed by atoms with E-state index in [0.29, 0.717) is 30.1 Å². The van der Waals surface area contributed by atoms with Gasteiger partial charge in [0, 0.05) is 30.9 Å². The van der Waals surface area contributed by atoms with E-state index >= 15 is 0 Å². The molecule has 0 saturated carbocycles. The van der Waals surface area contributed by atoms with Crippen molar-refractivity contribution in [1.82, 2.24) is 4.90 Å². The molecule has 2 heterocycles. The van der Waals surface area contributed by atoms with Gasteiger partial charge in [0.25, 0.3) is 0 Å². The van der Waals surface area contributed by atoms with Crippen molar-refractivity contribution in [3.05, 3.63) is 16.0 Å². The Balaban J connectivity index is 1.61. The molecule has 1 N–H and O–H groups in total. The fourth-order valence-corrected chi connectivity index (χ4v) is 5.12. The van der Waals surface area contributed by atoms with Crippen LogP contribution in [0, 0.1) is 0 Å². The maximum absolute atomic E-state index is 12.5. The lowest BCUT2D eigenvalue weighted by Crippen LogP contribution is -2.46. The Bertz CT molecular complexity index is 663.